The maximum atomic E-state index is 1.62. The van der Waals surface area contributed by atoms with Crippen molar-refractivity contribution in [2.75, 3.05) is 0 Å². The topological polar surface area (TPSA) is 0 Å². The van der Waals surface area contributed by atoms with Crippen LogP contribution in [0.25, 0.3) is 0 Å². The molecule has 0 aliphatic heterocycles. The van der Waals surface area contributed by atoms with Gasteiger partial charge in [-0.25, -0.2) is 0 Å². The lowest BCUT2D eigenvalue weighted by Crippen LogP contribution is -2.22. The molecule has 3 aliphatic rings. The van der Waals surface area contributed by atoms with Gasteiger partial charge in [-0.15, -0.1) is 0 Å². The molecule has 0 radical (unpaired) electrons. The average Bonchev–Trinajstić information content (AvgIpc) is 2.89. The molecule has 0 aromatic rings. The van der Waals surface area contributed by atoms with Crippen LogP contribution >= 0.6 is 0 Å². The second-order valence-corrected chi connectivity index (χ2v) is 7.07. The third-order valence-corrected chi connectivity index (χ3v) is 6.10. The van der Waals surface area contributed by atoms with Crippen LogP contribution in [0.15, 0.2) is 0 Å². The Hall–Kier alpha value is 0. The van der Waals surface area contributed by atoms with E-state index in [0.717, 1.165) is 23.7 Å². The fraction of sp³-hybridized carbons (Fsp3) is 1.00. The maximum absolute atomic E-state index is 1.62. The van der Waals surface area contributed by atoms with E-state index >= 15 is 0 Å². The summed E-state index contributed by atoms with van der Waals surface area (Å²) in [5.74, 6) is 4.64. The summed E-state index contributed by atoms with van der Waals surface area (Å²) in [5, 5.41) is 0. The minimum Gasteiger partial charge on any atom is -0.0533 e. The zero-order chi connectivity index (χ0) is 11.5. The lowest BCUT2D eigenvalue weighted by Gasteiger charge is -2.31. The van der Waals surface area contributed by atoms with E-state index in [2.05, 4.69) is 0 Å². The molecule has 0 aromatic heterocycles. The highest BCUT2D eigenvalue weighted by Gasteiger charge is 2.46. The predicted molar refractivity (Wildman–Crippen MR) is 74.0 cm³/mol. The zero-order valence-corrected chi connectivity index (χ0v) is 11.5. The third-order valence-electron chi connectivity index (χ3n) is 6.10. The minimum atomic E-state index is 1.16. The van der Waals surface area contributed by atoms with Gasteiger partial charge in [0.2, 0.25) is 0 Å². The van der Waals surface area contributed by atoms with Crippen molar-refractivity contribution >= 4 is 0 Å². The van der Waals surface area contributed by atoms with Crippen molar-refractivity contribution < 1.29 is 0 Å². The monoisotopic (exact) mass is 234 g/mol. The molecule has 0 saturated heterocycles. The van der Waals surface area contributed by atoms with Crippen molar-refractivity contribution in [1.82, 2.24) is 0 Å². The molecule has 0 heteroatoms. The molecule has 2 bridgehead atoms. The number of hydrogen-bond donors (Lipinski definition) is 0. The van der Waals surface area contributed by atoms with Gasteiger partial charge in [0, 0.05) is 0 Å². The van der Waals surface area contributed by atoms with Crippen LogP contribution in [0.4, 0.5) is 0 Å². The van der Waals surface area contributed by atoms with E-state index in [0.29, 0.717) is 0 Å². The second-order valence-electron chi connectivity index (χ2n) is 7.07. The summed E-state index contributed by atoms with van der Waals surface area (Å²) in [7, 11) is 0. The van der Waals surface area contributed by atoms with Crippen LogP contribution in [-0.4, -0.2) is 0 Å². The van der Waals surface area contributed by atoms with E-state index in [1.165, 1.54) is 38.5 Å². The van der Waals surface area contributed by atoms with Crippen molar-refractivity contribution in [3.05, 3.63) is 0 Å². The van der Waals surface area contributed by atoms with Gasteiger partial charge in [-0.2, -0.15) is 0 Å². The van der Waals surface area contributed by atoms with Gasteiger partial charge in [0.25, 0.3) is 0 Å². The van der Waals surface area contributed by atoms with Gasteiger partial charge in [-0.1, -0.05) is 51.4 Å². The fourth-order valence-electron chi connectivity index (χ4n) is 5.25. The van der Waals surface area contributed by atoms with Crippen molar-refractivity contribution in [1.29, 1.82) is 0 Å². The van der Waals surface area contributed by atoms with Gasteiger partial charge in [-0.3, -0.25) is 0 Å². The van der Waals surface area contributed by atoms with E-state index in [1.807, 2.05) is 0 Å². The molecule has 0 spiro atoms. The van der Waals surface area contributed by atoms with Crippen LogP contribution in [0.1, 0.15) is 83.5 Å². The lowest BCUT2D eigenvalue weighted by molar-refractivity contribution is 0.187. The van der Waals surface area contributed by atoms with Gasteiger partial charge >= 0.3 is 0 Å². The van der Waals surface area contributed by atoms with E-state index in [1.54, 1.807) is 44.9 Å². The second kappa shape index (κ2) is 5.76. The molecular formula is C17H30. The number of fused-ring (bicyclic) bond motifs is 5. The van der Waals surface area contributed by atoms with Crippen LogP contribution in [-0.2, 0) is 0 Å². The normalized spacial score (nSPS) is 43.8. The summed E-state index contributed by atoms with van der Waals surface area (Å²) in [5.41, 5.74) is 0. The summed E-state index contributed by atoms with van der Waals surface area (Å²) in [4.78, 5) is 0. The van der Waals surface area contributed by atoms with Crippen LogP contribution in [0.5, 0.6) is 0 Å². The van der Waals surface area contributed by atoms with Gasteiger partial charge in [0.1, 0.15) is 0 Å². The van der Waals surface area contributed by atoms with E-state index in [4.69, 9.17) is 0 Å². The van der Waals surface area contributed by atoms with Crippen molar-refractivity contribution in [3.63, 3.8) is 0 Å². The minimum absolute atomic E-state index is 1.16. The molecule has 4 unspecified atom stereocenters. The molecule has 0 N–H and O–H groups in total. The maximum Gasteiger partial charge on any atom is -0.0355 e. The molecule has 98 valence electrons. The first-order chi connectivity index (χ1) is 8.45. The average molecular weight is 234 g/mol. The first-order valence-electron chi connectivity index (χ1n) is 8.45. The highest BCUT2D eigenvalue weighted by atomic mass is 14.5. The highest BCUT2D eigenvalue weighted by Crippen LogP contribution is 2.55. The molecule has 3 fully saturated rings. The summed E-state index contributed by atoms with van der Waals surface area (Å²) in [6.45, 7) is 0. The molecule has 0 amide bonds. The van der Waals surface area contributed by atoms with E-state index in [9.17, 15) is 0 Å². The Morgan fingerprint density at radius 2 is 0.824 bits per heavy atom. The van der Waals surface area contributed by atoms with Gasteiger partial charge in [0.15, 0.2) is 0 Å². The summed E-state index contributed by atoms with van der Waals surface area (Å²) in [6, 6.07) is 0. The third kappa shape index (κ3) is 2.71. The lowest BCUT2D eigenvalue weighted by atomic mass is 9.74. The van der Waals surface area contributed by atoms with E-state index in [-0.39, 0.29) is 0 Å². The molecule has 0 aromatic carbocycles. The largest absolute Gasteiger partial charge is 0.0533 e. The molecule has 0 nitrogen and oxygen atoms in total. The Morgan fingerprint density at radius 3 is 1.29 bits per heavy atom. The Morgan fingerprint density at radius 1 is 0.412 bits per heavy atom. The van der Waals surface area contributed by atoms with Crippen molar-refractivity contribution in [2.24, 2.45) is 23.7 Å². The Bertz CT molecular complexity index is 208. The van der Waals surface area contributed by atoms with Gasteiger partial charge in [-0.05, 0) is 55.8 Å². The zero-order valence-electron chi connectivity index (χ0n) is 11.5. The summed E-state index contributed by atoms with van der Waals surface area (Å²) >= 11 is 0. The molecule has 3 saturated carbocycles. The Labute approximate surface area is 108 Å². The first kappa shape index (κ1) is 12.1. The standard InChI is InChI=1S/C17H30/c1-2-4-6-8-10-17-15-12-11-14(13-15)16(17)9-7-5-3-1/h14-17H,1-13H2. The molecular weight excluding hydrogens is 204 g/mol. The van der Waals surface area contributed by atoms with Crippen LogP contribution in [0.2, 0.25) is 0 Å². The van der Waals surface area contributed by atoms with Crippen LogP contribution in [0.3, 0.4) is 0 Å². The smallest absolute Gasteiger partial charge is 0.0355 e. The summed E-state index contributed by atoms with van der Waals surface area (Å²) < 4.78 is 0. The fourth-order valence-corrected chi connectivity index (χ4v) is 5.25. The Balaban J connectivity index is 1.58. The van der Waals surface area contributed by atoms with Gasteiger partial charge < -0.3 is 0 Å². The number of rotatable bonds is 0. The van der Waals surface area contributed by atoms with Crippen LogP contribution in [0, 0.1) is 23.7 Å². The van der Waals surface area contributed by atoms with E-state index < -0.39 is 0 Å². The SMILES string of the molecule is C1CCCCCC2C3CCC(C3)C2CCCC1. The molecule has 0 heterocycles. The first-order valence-corrected chi connectivity index (χ1v) is 8.45. The van der Waals surface area contributed by atoms with Gasteiger partial charge in [0.05, 0.1) is 0 Å². The number of hydrogen-bond acceptors (Lipinski definition) is 0. The van der Waals surface area contributed by atoms with Crippen LogP contribution < -0.4 is 0 Å². The summed E-state index contributed by atoms with van der Waals surface area (Å²) in [6.07, 6.45) is 20.2. The molecule has 17 heavy (non-hydrogen) atoms. The van der Waals surface area contributed by atoms with Crippen molar-refractivity contribution in [3.8, 4) is 0 Å². The molecule has 3 aliphatic carbocycles. The van der Waals surface area contributed by atoms with Crippen molar-refractivity contribution in [2.45, 2.75) is 83.5 Å². The Kier molecular flexibility index (Phi) is 4.08. The molecule has 3 rings (SSSR count). The highest BCUT2D eigenvalue weighted by molar-refractivity contribution is 4.96. The predicted octanol–water partition coefficient (Wildman–Crippen LogP) is 5.56. The molecule has 4 atom stereocenters. The quantitative estimate of drug-likeness (QED) is 0.514.